The lowest BCUT2D eigenvalue weighted by molar-refractivity contribution is -0.504. The first-order valence-electron chi connectivity index (χ1n) is 2.93. The van der Waals surface area contributed by atoms with Crippen LogP contribution in [0.1, 0.15) is 13.3 Å². The van der Waals surface area contributed by atoms with E-state index in [0.29, 0.717) is 6.42 Å². The summed E-state index contributed by atoms with van der Waals surface area (Å²) in [7, 11) is 1.46. The van der Waals surface area contributed by atoms with Crippen molar-refractivity contribution in [1.82, 2.24) is 0 Å². The van der Waals surface area contributed by atoms with Gasteiger partial charge in [-0.05, 0) is 22.4 Å². The molecule has 0 heterocycles. The molecule has 0 aromatic rings. The van der Waals surface area contributed by atoms with E-state index in [-0.39, 0.29) is 6.10 Å². The molecule has 60 valence electrons. The van der Waals surface area contributed by atoms with Gasteiger partial charge in [0.25, 0.3) is 4.95 Å². The van der Waals surface area contributed by atoms with Crippen molar-refractivity contribution in [3.05, 3.63) is 10.1 Å². The Bertz CT molecular complexity index is 115. The van der Waals surface area contributed by atoms with Gasteiger partial charge in [0.05, 0.1) is 0 Å². The Hall–Kier alpha value is -0.160. The first-order chi connectivity index (χ1) is 4.63. The molecule has 0 saturated heterocycles. The number of ether oxygens (including phenoxy) is 1. The van der Waals surface area contributed by atoms with E-state index in [1.54, 1.807) is 0 Å². The van der Waals surface area contributed by atoms with E-state index in [4.69, 9.17) is 4.74 Å². The van der Waals surface area contributed by atoms with Crippen molar-refractivity contribution in [2.24, 2.45) is 0 Å². The van der Waals surface area contributed by atoms with Crippen LogP contribution in [0, 0.1) is 10.1 Å². The second kappa shape index (κ2) is 4.62. The van der Waals surface area contributed by atoms with Crippen LogP contribution in [-0.2, 0) is 4.74 Å². The highest BCUT2D eigenvalue weighted by Gasteiger charge is 2.26. The molecule has 2 unspecified atom stereocenters. The summed E-state index contributed by atoms with van der Waals surface area (Å²) in [4.78, 5) is 8.94. The predicted molar refractivity (Wildman–Crippen MR) is 40.8 cm³/mol. The molecule has 0 spiro atoms. The van der Waals surface area contributed by atoms with Crippen molar-refractivity contribution in [2.45, 2.75) is 24.4 Å². The minimum atomic E-state index is -0.789. The minimum Gasteiger partial charge on any atom is -0.373 e. The Kier molecular flexibility index (Phi) is 4.55. The van der Waals surface area contributed by atoms with Crippen LogP contribution in [0.4, 0.5) is 0 Å². The quantitative estimate of drug-likeness (QED) is 0.306. The molecule has 2 atom stereocenters. The molecule has 0 aromatic carbocycles. The van der Waals surface area contributed by atoms with Crippen molar-refractivity contribution in [1.29, 1.82) is 0 Å². The average molecular weight is 212 g/mol. The molecule has 0 fully saturated rings. The first-order valence-corrected chi connectivity index (χ1v) is 3.85. The summed E-state index contributed by atoms with van der Waals surface area (Å²) in [6, 6.07) is 0. The summed E-state index contributed by atoms with van der Waals surface area (Å²) in [5, 5.41) is 10.1. The Morgan fingerprint density at radius 1 is 1.80 bits per heavy atom. The molecule has 4 nitrogen and oxygen atoms in total. The summed E-state index contributed by atoms with van der Waals surface area (Å²) in [5.41, 5.74) is 0. The lowest BCUT2D eigenvalue weighted by atomic mass is 10.3. The molecule has 0 aromatic heterocycles. The third-order valence-corrected chi connectivity index (χ3v) is 2.14. The third-order valence-electron chi connectivity index (χ3n) is 1.21. The second-order valence-corrected chi connectivity index (χ2v) is 2.78. The summed E-state index contributed by atoms with van der Waals surface area (Å²) < 4.78 is 4.83. The van der Waals surface area contributed by atoms with Crippen LogP contribution in [0.2, 0.25) is 0 Å². The van der Waals surface area contributed by atoms with Gasteiger partial charge in [-0.1, -0.05) is 6.92 Å². The Labute approximate surface area is 67.8 Å². The highest BCUT2D eigenvalue weighted by Crippen LogP contribution is 2.12. The number of rotatable bonds is 4. The number of nitro groups is 1. The zero-order valence-electron chi connectivity index (χ0n) is 5.91. The van der Waals surface area contributed by atoms with Crippen LogP contribution in [0.15, 0.2) is 0 Å². The van der Waals surface area contributed by atoms with E-state index >= 15 is 0 Å². The molecule has 10 heavy (non-hydrogen) atoms. The molecule has 0 bridgehead atoms. The molecule has 0 radical (unpaired) electrons. The molecular formula is C5H10BrNO3. The number of hydrogen-bond donors (Lipinski definition) is 0. The lowest BCUT2D eigenvalue weighted by Crippen LogP contribution is -2.28. The van der Waals surface area contributed by atoms with Crippen molar-refractivity contribution in [2.75, 3.05) is 7.11 Å². The van der Waals surface area contributed by atoms with Gasteiger partial charge in [-0.2, -0.15) is 0 Å². The molecule has 0 saturated carbocycles. The van der Waals surface area contributed by atoms with Crippen LogP contribution in [0.5, 0.6) is 0 Å². The number of methoxy groups -OCH3 is 1. The van der Waals surface area contributed by atoms with Crippen LogP contribution in [-0.4, -0.2) is 23.1 Å². The standard InChI is InChI=1S/C5H10BrNO3/c1-3-4(10-2)5(6)7(8)9/h4-5H,3H2,1-2H3. The maximum atomic E-state index is 10.1. The van der Waals surface area contributed by atoms with Gasteiger partial charge in [-0.3, -0.25) is 10.1 Å². The molecule has 0 aliphatic rings. The number of hydrogen-bond acceptors (Lipinski definition) is 3. The number of alkyl halides is 1. The third kappa shape index (κ3) is 2.62. The maximum Gasteiger partial charge on any atom is 0.291 e. The molecule has 0 rings (SSSR count). The molecular weight excluding hydrogens is 202 g/mol. The molecule has 0 aliphatic carbocycles. The maximum absolute atomic E-state index is 10.1. The largest absolute Gasteiger partial charge is 0.373 e. The van der Waals surface area contributed by atoms with Crippen LogP contribution < -0.4 is 0 Å². The van der Waals surface area contributed by atoms with E-state index < -0.39 is 9.87 Å². The summed E-state index contributed by atoms with van der Waals surface area (Å²) in [6.07, 6.45) is 0.294. The van der Waals surface area contributed by atoms with Gasteiger partial charge in [-0.15, -0.1) is 0 Å². The smallest absolute Gasteiger partial charge is 0.291 e. The monoisotopic (exact) mass is 211 g/mol. The molecule has 0 N–H and O–H groups in total. The lowest BCUT2D eigenvalue weighted by Gasteiger charge is -2.11. The predicted octanol–water partition coefficient (Wildman–Crippen LogP) is 1.41. The van der Waals surface area contributed by atoms with Crippen LogP contribution in [0.25, 0.3) is 0 Å². The average Bonchev–Trinajstić information content (AvgIpc) is 1.90. The minimum absolute atomic E-state index is 0.338. The van der Waals surface area contributed by atoms with Crippen molar-refractivity contribution < 1.29 is 9.66 Å². The topological polar surface area (TPSA) is 52.4 Å². The van der Waals surface area contributed by atoms with Crippen LogP contribution >= 0.6 is 15.9 Å². The van der Waals surface area contributed by atoms with Gasteiger partial charge in [-0.25, -0.2) is 0 Å². The summed E-state index contributed by atoms with van der Waals surface area (Å²) in [5.74, 6) is 0. The second-order valence-electron chi connectivity index (χ2n) is 1.84. The van der Waals surface area contributed by atoms with Crippen molar-refractivity contribution >= 4 is 15.9 Å². The Morgan fingerprint density at radius 2 is 2.30 bits per heavy atom. The highest BCUT2D eigenvalue weighted by molar-refractivity contribution is 9.09. The van der Waals surface area contributed by atoms with Gasteiger partial charge in [0.1, 0.15) is 6.10 Å². The highest BCUT2D eigenvalue weighted by atomic mass is 79.9. The molecule has 0 aliphatic heterocycles. The zero-order valence-corrected chi connectivity index (χ0v) is 7.50. The Balaban J connectivity index is 3.88. The van der Waals surface area contributed by atoms with E-state index in [0.717, 1.165) is 0 Å². The van der Waals surface area contributed by atoms with Crippen LogP contribution in [0.3, 0.4) is 0 Å². The Morgan fingerprint density at radius 3 is 2.40 bits per heavy atom. The fraction of sp³-hybridized carbons (Fsp3) is 1.00. The van der Waals surface area contributed by atoms with Crippen molar-refractivity contribution in [3.63, 3.8) is 0 Å². The van der Waals surface area contributed by atoms with Gasteiger partial charge in [0.2, 0.25) is 0 Å². The van der Waals surface area contributed by atoms with Gasteiger partial charge in [0.15, 0.2) is 0 Å². The fourth-order valence-corrected chi connectivity index (χ4v) is 1.20. The molecule has 0 amide bonds. The van der Waals surface area contributed by atoms with Gasteiger partial charge < -0.3 is 4.74 Å². The first kappa shape index (κ1) is 9.84. The van der Waals surface area contributed by atoms with E-state index in [1.165, 1.54) is 7.11 Å². The molecule has 5 heteroatoms. The number of nitrogens with zero attached hydrogens (tertiary/aromatic N) is 1. The fourth-order valence-electron chi connectivity index (χ4n) is 0.609. The van der Waals surface area contributed by atoms with E-state index in [9.17, 15) is 10.1 Å². The number of halogens is 1. The van der Waals surface area contributed by atoms with E-state index in [2.05, 4.69) is 15.9 Å². The zero-order chi connectivity index (χ0) is 8.15. The van der Waals surface area contributed by atoms with Crippen molar-refractivity contribution in [3.8, 4) is 0 Å². The van der Waals surface area contributed by atoms with Gasteiger partial charge >= 0.3 is 0 Å². The van der Waals surface area contributed by atoms with Gasteiger partial charge in [0, 0.05) is 12.0 Å². The summed E-state index contributed by atoms with van der Waals surface area (Å²) >= 11 is 2.90. The normalized spacial score (nSPS) is 16.3. The SMILES string of the molecule is CCC(OC)C(Br)[N+](=O)[O-]. The summed E-state index contributed by atoms with van der Waals surface area (Å²) in [6.45, 7) is 1.84. The van der Waals surface area contributed by atoms with E-state index in [1.807, 2.05) is 6.92 Å².